The van der Waals surface area contributed by atoms with Crippen molar-refractivity contribution in [3.05, 3.63) is 0 Å². The van der Waals surface area contributed by atoms with Gasteiger partial charge in [0.05, 0.1) is 0 Å². The molecule has 0 amide bonds. The summed E-state index contributed by atoms with van der Waals surface area (Å²) in [7, 11) is 0. The van der Waals surface area contributed by atoms with Gasteiger partial charge in [-0.3, -0.25) is 0 Å². The predicted octanol–water partition coefficient (Wildman–Crippen LogP) is 2.78. The van der Waals surface area contributed by atoms with E-state index in [0.29, 0.717) is 5.54 Å². The van der Waals surface area contributed by atoms with Crippen molar-refractivity contribution >= 4 is 0 Å². The van der Waals surface area contributed by atoms with Gasteiger partial charge < -0.3 is 10.2 Å². The van der Waals surface area contributed by atoms with E-state index >= 15 is 0 Å². The lowest BCUT2D eigenvalue weighted by Crippen LogP contribution is -2.59. The fraction of sp³-hybridized carbons (Fsp3) is 1.00. The normalized spacial score (nSPS) is 28.3. The average molecular weight is 224 g/mol. The third-order valence-electron chi connectivity index (χ3n) is 4.45. The first-order valence-corrected chi connectivity index (χ1v) is 7.29. The monoisotopic (exact) mass is 224 g/mol. The van der Waals surface area contributed by atoms with Gasteiger partial charge in [0.15, 0.2) is 0 Å². The summed E-state index contributed by atoms with van der Waals surface area (Å²) in [5.41, 5.74) is 0.558. The van der Waals surface area contributed by atoms with Gasteiger partial charge in [0.2, 0.25) is 0 Å². The molecule has 0 aromatic heterocycles. The van der Waals surface area contributed by atoms with Crippen molar-refractivity contribution in [3.8, 4) is 0 Å². The summed E-state index contributed by atoms with van der Waals surface area (Å²) in [5.74, 6) is 0. The first kappa shape index (κ1) is 12.4. The lowest BCUT2D eigenvalue weighted by Gasteiger charge is -2.50. The van der Waals surface area contributed by atoms with Crippen LogP contribution in [0.2, 0.25) is 0 Å². The van der Waals surface area contributed by atoms with E-state index in [1.807, 2.05) is 0 Å². The Bertz CT molecular complexity index is 205. The lowest BCUT2D eigenvalue weighted by atomic mass is 9.70. The molecule has 1 spiro atoms. The van der Waals surface area contributed by atoms with Gasteiger partial charge in [-0.2, -0.15) is 0 Å². The molecule has 2 heteroatoms. The zero-order chi connectivity index (χ0) is 11.4. The maximum atomic E-state index is 3.77. The molecule has 0 radical (unpaired) electrons. The highest BCUT2D eigenvalue weighted by molar-refractivity contribution is 5.02. The third kappa shape index (κ3) is 2.60. The van der Waals surface area contributed by atoms with E-state index in [4.69, 9.17) is 0 Å². The van der Waals surface area contributed by atoms with E-state index in [9.17, 15) is 0 Å². The zero-order valence-corrected chi connectivity index (χ0v) is 11.1. The third-order valence-corrected chi connectivity index (χ3v) is 4.45. The molecule has 0 aromatic carbocycles. The molecule has 1 atom stereocenters. The lowest BCUT2D eigenvalue weighted by molar-refractivity contribution is 0.0610. The fourth-order valence-corrected chi connectivity index (χ4v) is 3.48. The number of hydrogen-bond acceptors (Lipinski definition) is 2. The molecule has 1 aliphatic carbocycles. The van der Waals surface area contributed by atoms with Gasteiger partial charge in [-0.15, -0.1) is 0 Å². The van der Waals surface area contributed by atoms with Gasteiger partial charge in [0.25, 0.3) is 0 Å². The van der Waals surface area contributed by atoms with E-state index in [2.05, 4.69) is 24.1 Å². The summed E-state index contributed by atoms with van der Waals surface area (Å²) in [5, 5.41) is 3.77. The molecule has 1 unspecified atom stereocenters. The highest BCUT2D eigenvalue weighted by Crippen LogP contribution is 2.39. The van der Waals surface area contributed by atoms with E-state index in [0.717, 1.165) is 6.04 Å². The Labute approximate surface area is 101 Å². The molecule has 2 aliphatic rings. The Kier molecular flexibility index (Phi) is 4.26. The molecule has 1 saturated carbocycles. The van der Waals surface area contributed by atoms with Crippen LogP contribution >= 0.6 is 0 Å². The number of nitrogens with zero attached hydrogens (tertiary/aromatic N) is 1. The highest BCUT2D eigenvalue weighted by Gasteiger charge is 2.41. The SMILES string of the molecule is CCCN(CCC)C1CCNC2(CCC2)C1. The van der Waals surface area contributed by atoms with Crippen molar-refractivity contribution in [1.29, 1.82) is 0 Å². The molecule has 0 bridgehead atoms. The molecule has 2 rings (SSSR count). The molecule has 0 aromatic rings. The molecule has 1 aliphatic heterocycles. The second-order valence-electron chi connectivity index (χ2n) is 5.74. The van der Waals surface area contributed by atoms with Crippen LogP contribution in [0.25, 0.3) is 0 Å². The minimum atomic E-state index is 0.558. The molecule has 2 fully saturated rings. The van der Waals surface area contributed by atoms with Gasteiger partial charge in [0, 0.05) is 11.6 Å². The second kappa shape index (κ2) is 5.50. The second-order valence-corrected chi connectivity index (χ2v) is 5.74. The van der Waals surface area contributed by atoms with Crippen LogP contribution in [-0.4, -0.2) is 36.1 Å². The minimum absolute atomic E-state index is 0.558. The van der Waals surface area contributed by atoms with Gasteiger partial charge in [-0.05, 0) is 64.6 Å². The van der Waals surface area contributed by atoms with Gasteiger partial charge >= 0.3 is 0 Å². The standard InChI is InChI=1S/C14H28N2/c1-3-10-16(11-4-2)13-6-9-15-14(12-13)7-5-8-14/h13,15H,3-12H2,1-2H3. The number of nitrogens with one attached hydrogen (secondary N) is 1. The molecular weight excluding hydrogens is 196 g/mol. The maximum absolute atomic E-state index is 3.77. The number of hydrogen-bond donors (Lipinski definition) is 1. The van der Waals surface area contributed by atoms with Crippen molar-refractivity contribution in [2.45, 2.75) is 70.4 Å². The van der Waals surface area contributed by atoms with E-state index in [1.165, 1.54) is 64.6 Å². The Balaban J connectivity index is 1.90. The molecule has 1 N–H and O–H groups in total. The Morgan fingerprint density at radius 3 is 2.38 bits per heavy atom. The first-order chi connectivity index (χ1) is 7.79. The van der Waals surface area contributed by atoms with Crippen LogP contribution in [0, 0.1) is 0 Å². The van der Waals surface area contributed by atoms with Crippen molar-refractivity contribution in [1.82, 2.24) is 10.2 Å². The molecular formula is C14H28N2. The first-order valence-electron chi connectivity index (χ1n) is 7.29. The van der Waals surface area contributed by atoms with Crippen LogP contribution in [0.4, 0.5) is 0 Å². The van der Waals surface area contributed by atoms with Crippen molar-refractivity contribution in [3.63, 3.8) is 0 Å². The summed E-state index contributed by atoms with van der Waals surface area (Å²) >= 11 is 0. The maximum Gasteiger partial charge on any atom is 0.0196 e. The Morgan fingerprint density at radius 2 is 1.88 bits per heavy atom. The summed E-state index contributed by atoms with van der Waals surface area (Å²) < 4.78 is 0. The Hall–Kier alpha value is -0.0800. The highest BCUT2D eigenvalue weighted by atomic mass is 15.2. The van der Waals surface area contributed by atoms with Crippen LogP contribution in [-0.2, 0) is 0 Å². The molecule has 16 heavy (non-hydrogen) atoms. The number of piperidine rings is 1. The molecule has 1 saturated heterocycles. The van der Waals surface area contributed by atoms with Crippen LogP contribution in [0.1, 0.15) is 58.8 Å². The van der Waals surface area contributed by atoms with E-state index < -0.39 is 0 Å². The summed E-state index contributed by atoms with van der Waals surface area (Å²) in [6.45, 7) is 8.46. The average Bonchev–Trinajstić information content (AvgIpc) is 2.27. The smallest absolute Gasteiger partial charge is 0.0196 e. The quantitative estimate of drug-likeness (QED) is 0.772. The van der Waals surface area contributed by atoms with Crippen LogP contribution in [0.5, 0.6) is 0 Å². The van der Waals surface area contributed by atoms with Gasteiger partial charge in [-0.25, -0.2) is 0 Å². The predicted molar refractivity (Wildman–Crippen MR) is 69.8 cm³/mol. The topological polar surface area (TPSA) is 15.3 Å². The summed E-state index contributed by atoms with van der Waals surface area (Å²) in [6.07, 6.45) is 9.68. The van der Waals surface area contributed by atoms with Crippen molar-refractivity contribution < 1.29 is 0 Å². The van der Waals surface area contributed by atoms with Crippen molar-refractivity contribution in [2.24, 2.45) is 0 Å². The van der Waals surface area contributed by atoms with Crippen LogP contribution in [0.15, 0.2) is 0 Å². The van der Waals surface area contributed by atoms with Gasteiger partial charge in [-0.1, -0.05) is 13.8 Å². The van der Waals surface area contributed by atoms with Crippen molar-refractivity contribution in [2.75, 3.05) is 19.6 Å². The number of rotatable bonds is 5. The summed E-state index contributed by atoms with van der Waals surface area (Å²) in [4.78, 5) is 2.75. The minimum Gasteiger partial charge on any atom is -0.311 e. The Morgan fingerprint density at radius 1 is 1.19 bits per heavy atom. The largest absolute Gasteiger partial charge is 0.311 e. The van der Waals surface area contributed by atoms with Crippen LogP contribution in [0.3, 0.4) is 0 Å². The molecule has 2 nitrogen and oxygen atoms in total. The molecule has 94 valence electrons. The van der Waals surface area contributed by atoms with E-state index in [-0.39, 0.29) is 0 Å². The van der Waals surface area contributed by atoms with Crippen LogP contribution < -0.4 is 5.32 Å². The molecule has 1 heterocycles. The summed E-state index contributed by atoms with van der Waals surface area (Å²) in [6, 6.07) is 0.862. The van der Waals surface area contributed by atoms with E-state index in [1.54, 1.807) is 0 Å². The van der Waals surface area contributed by atoms with Gasteiger partial charge in [0.1, 0.15) is 0 Å². The fourth-order valence-electron chi connectivity index (χ4n) is 3.48. The zero-order valence-electron chi connectivity index (χ0n) is 11.1.